The van der Waals surface area contributed by atoms with Crippen LogP contribution in [0, 0.1) is 17.8 Å². The highest BCUT2D eigenvalue weighted by molar-refractivity contribution is 5.60. The highest BCUT2D eigenvalue weighted by atomic mass is 16.5. The second-order valence-corrected chi connectivity index (χ2v) is 7.69. The van der Waals surface area contributed by atoms with Crippen molar-refractivity contribution in [2.24, 2.45) is 17.8 Å². The van der Waals surface area contributed by atoms with Crippen molar-refractivity contribution >= 4 is 5.69 Å². The summed E-state index contributed by atoms with van der Waals surface area (Å²) in [5, 5.41) is 10.8. The molecular formula is C18H23NO2. The number of anilines is 1. The molecule has 3 heteroatoms. The minimum absolute atomic E-state index is 0.335. The summed E-state index contributed by atoms with van der Waals surface area (Å²) in [5.41, 5.74) is 0.937. The Balaban J connectivity index is 1.52. The molecule has 0 radical (unpaired) electrons. The monoisotopic (exact) mass is 285 g/mol. The predicted octanol–water partition coefficient (Wildman–Crippen LogP) is 2.83. The lowest BCUT2D eigenvalue weighted by Crippen LogP contribution is -2.62. The lowest BCUT2D eigenvalue weighted by Gasteiger charge is -2.61. The Morgan fingerprint density at radius 1 is 1.10 bits per heavy atom. The van der Waals surface area contributed by atoms with Gasteiger partial charge >= 0.3 is 0 Å². The summed E-state index contributed by atoms with van der Waals surface area (Å²) >= 11 is 0. The minimum Gasteiger partial charge on any atom is -0.490 e. The number of nitrogens with zero attached hydrogens (tertiary/aromatic N) is 1. The molecule has 2 atom stereocenters. The van der Waals surface area contributed by atoms with Crippen molar-refractivity contribution in [2.75, 3.05) is 18.1 Å². The quantitative estimate of drug-likeness (QED) is 0.861. The lowest BCUT2D eigenvalue weighted by atomic mass is 9.52. The average molecular weight is 285 g/mol. The van der Waals surface area contributed by atoms with E-state index in [1.54, 1.807) is 0 Å². The number of hydrogen-bond donors (Lipinski definition) is 1. The molecular weight excluding hydrogens is 262 g/mol. The van der Waals surface area contributed by atoms with E-state index in [1.165, 1.54) is 18.5 Å². The highest BCUT2D eigenvalue weighted by Gasteiger charge is 2.56. The van der Waals surface area contributed by atoms with Gasteiger partial charge in [0, 0.05) is 6.04 Å². The average Bonchev–Trinajstić information content (AvgIpc) is 2.45. The number of fused-ring (bicyclic) bond motifs is 1. The molecule has 4 bridgehead atoms. The predicted molar refractivity (Wildman–Crippen MR) is 81.6 cm³/mol. The summed E-state index contributed by atoms with van der Waals surface area (Å²) in [6, 6.07) is 9.08. The molecule has 4 fully saturated rings. The number of ether oxygens (including phenoxy) is 1. The second-order valence-electron chi connectivity index (χ2n) is 7.69. The molecule has 0 aromatic heterocycles. The SMILES string of the molecule is OC12CC3CC(C1)C(N1CCOc4ccccc41)C(C3)C2. The van der Waals surface area contributed by atoms with E-state index >= 15 is 0 Å². The number of aliphatic hydroxyl groups is 1. The van der Waals surface area contributed by atoms with E-state index in [4.69, 9.17) is 4.74 Å². The van der Waals surface area contributed by atoms with Crippen molar-refractivity contribution in [3.63, 3.8) is 0 Å². The molecule has 3 nitrogen and oxygen atoms in total. The highest BCUT2D eigenvalue weighted by Crippen LogP contribution is 2.57. The molecule has 21 heavy (non-hydrogen) atoms. The first-order valence-electron chi connectivity index (χ1n) is 8.43. The zero-order chi connectivity index (χ0) is 14.0. The van der Waals surface area contributed by atoms with E-state index in [0.717, 1.165) is 44.1 Å². The van der Waals surface area contributed by atoms with Crippen LogP contribution in [-0.4, -0.2) is 29.9 Å². The van der Waals surface area contributed by atoms with Gasteiger partial charge in [-0.1, -0.05) is 12.1 Å². The summed E-state index contributed by atoms with van der Waals surface area (Å²) in [6.07, 6.45) is 5.74. The second kappa shape index (κ2) is 4.16. The first-order valence-corrected chi connectivity index (χ1v) is 8.43. The molecule has 1 heterocycles. The van der Waals surface area contributed by atoms with Crippen molar-refractivity contribution < 1.29 is 9.84 Å². The molecule has 0 saturated heterocycles. The fourth-order valence-corrected chi connectivity index (χ4v) is 5.96. The summed E-state index contributed by atoms with van der Waals surface area (Å²) < 4.78 is 5.83. The Bertz CT molecular complexity index is 556. The topological polar surface area (TPSA) is 32.7 Å². The van der Waals surface area contributed by atoms with E-state index in [1.807, 2.05) is 0 Å². The van der Waals surface area contributed by atoms with Crippen molar-refractivity contribution in [1.82, 2.24) is 0 Å². The zero-order valence-electron chi connectivity index (χ0n) is 12.4. The van der Waals surface area contributed by atoms with Crippen LogP contribution in [0.5, 0.6) is 5.75 Å². The molecule has 112 valence electrons. The maximum Gasteiger partial charge on any atom is 0.142 e. The van der Waals surface area contributed by atoms with Crippen LogP contribution in [0.25, 0.3) is 0 Å². The van der Waals surface area contributed by atoms with Crippen LogP contribution < -0.4 is 9.64 Å². The van der Waals surface area contributed by atoms with Gasteiger partial charge in [-0.25, -0.2) is 0 Å². The van der Waals surface area contributed by atoms with Gasteiger partial charge in [-0.3, -0.25) is 0 Å². The molecule has 1 aromatic rings. The zero-order valence-corrected chi connectivity index (χ0v) is 12.4. The smallest absolute Gasteiger partial charge is 0.142 e. The standard InChI is InChI=1S/C18H23NO2/c20-18-9-12-7-13(10-18)17(14(8-12)11-18)19-5-6-21-16-4-2-1-3-15(16)19/h1-4,12-14,17,20H,5-11H2. The van der Waals surface area contributed by atoms with Gasteiger partial charge in [0.05, 0.1) is 17.8 Å². The van der Waals surface area contributed by atoms with Crippen molar-refractivity contribution in [1.29, 1.82) is 0 Å². The third-order valence-corrected chi connectivity index (χ3v) is 6.32. The molecule has 4 saturated carbocycles. The van der Waals surface area contributed by atoms with Gasteiger partial charge in [-0.05, 0) is 62.0 Å². The van der Waals surface area contributed by atoms with Crippen LogP contribution in [0.15, 0.2) is 24.3 Å². The van der Waals surface area contributed by atoms with Gasteiger partial charge in [0.15, 0.2) is 0 Å². The fourth-order valence-electron chi connectivity index (χ4n) is 5.96. The maximum atomic E-state index is 10.8. The molecule has 1 aliphatic heterocycles. The van der Waals surface area contributed by atoms with Crippen LogP contribution in [0.1, 0.15) is 32.1 Å². The number of hydrogen-bond acceptors (Lipinski definition) is 3. The third-order valence-electron chi connectivity index (χ3n) is 6.32. The Morgan fingerprint density at radius 3 is 2.62 bits per heavy atom. The summed E-state index contributed by atoms with van der Waals surface area (Å²) in [4.78, 5) is 2.61. The Hall–Kier alpha value is -1.22. The number of para-hydroxylation sites is 2. The van der Waals surface area contributed by atoms with E-state index in [2.05, 4.69) is 29.2 Å². The first-order chi connectivity index (χ1) is 10.2. The van der Waals surface area contributed by atoms with E-state index in [9.17, 15) is 5.11 Å². The van der Waals surface area contributed by atoms with Gasteiger partial charge in [0.2, 0.25) is 0 Å². The maximum absolute atomic E-state index is 10.8. The molecule has 4 aliphatic carbocycles. The Morgan fingerprint density at radius 2 is 1.86 bits per heavy atom. The van der Waals surface area contributed by atoms with Crippen molar-refractivity contribution in [3.05, 3.63) is 24.3 Å². The van der Waals surface area contributed by atoms with Crippen LogP contribution >= 0.6 is 0 Å². The van der Waals surface area contributed by atoms with Crippen LogP contribution in [0.2, 0.25) is 0 Å². The van der Waals surface area contributed by atoms with Gasteiger partial charge in [0.1, 0.15) is 12.4 Å². The third kappa shape index (κ3) is 1.76. The molecule has 6 rings (SSSR count). The Kier molecular flexibility index (Phi) is 2.44. The molecule has 1 N–H and O–H groups in total. The minimum atomic E-state index is -0.335. The van der Waals surface area contributed by atoms with Crippen molar-refractivity contribution in [3.8, 4) is 5.75 Å². The molecule has 5 aliphatic rings. The van der Waals surface area contributed by atoms with Gasteiger partial charge in [0.25, 0.3) is 0 Å². The number of benzene rings is 1. The Labute approximate surface area is 125 Å². The van der Waals surface area contributed by atoms with E-state index in [0.29, 0.717) is 17.9 Å². The molecule has 0 amide bonds. The van der Waals surface area contributed by atoms with E-state index in [-0.39, 0.29) is 5.60 Å². The molecule has 0 spiro atoms. The van der Waals surface area contributed by atoms with Crippen LogP contribution in [0.3, 0.4) is 0 Å². The van der Waals surface area contributed by atoms with E-state index < -0.39 is 0 Å². The van der Waals surface area contributed by atoms with Gasteiger partial charge in [-0.2, -0.15) is 0 Å². The molecule has 1 aromatic carbocycles. The largest absolute Gasteiger partial charge is 0.490 e. The first kappa shape index (κ1) is 12.3. The normalized spacial score (nSPS) is 43.6. The molecule has 2 unspecified atom stereocenters. The summed E-state index contributed by atoms with van der Waals surface area (Å²) in [6.45, 7) is 1.79. The number of rotatable bonds is 1. The summed E-state index contributed by atoms with van der Waals surface area (Å²) in [5.74, 6) is 3.16. The van der Waals surface area contributed by atoms with Gasteiger partial charge < -0.3 is 14.7 Å². The van der Waals surface area contributed by atoms with Gasteiger partial charge in [-0.15, -0.1) is 0 Å². The van der Waals surface area contributed by atoms with Crippen molar-refractivity contribution in [2.45, 2.75) is 43.7 Å². The fraction of sp³-hybridized carbons (Fsp3) is 0.667. The summed E-state index contributed by atoms with van der Waals surface area (Å²) in [7, 11) is 0. The lowest BCUT2D eigenvalue weighted by molar-refractivity contribution is -0.134. The van der Waals surface area contributed by atoms with Crippen LogP contribution in [-0.2, 0) is 0 Å². The van der Waals surface area contributed by atoms with Crippen LogP contribution in [0.4, 0.5) is 5.69 Å².